The van der Waals surface area contributed by atoms with Crippen LogP contribution >= 0.6 is 0 Å². The molecule has 0 aromatic heterocycles. The maximum absolute atomic E-state index is 5.97. The predicted octanol–water partition coefficient (Wildman–Crippen LogP) is 6.84. The lowest BCUT2D eigenvalue weighted by atomic mass is 10.0. The van der Waals surface area contributed by atoms with Gasteiger partial charge in [-0.15, -0.1) is 0 Å². The first kappa shape index (κ1) is 19.8. The van der Waals surface area contributed by atoms with E-state index < -0.39 is 0 Å². The molecule has 0 bridgehead atoms. The van der Waals surface area contributed by atoms with Crippen LogP contribution in [-0.4, -0.2) is 7.11 Å². The van der Waals surface area contributed by atoms with Crippen LogP contribution in [0.2, 0.25) is 0 Å². The van der Waals surface area contributed by atoms with Gasteiger partial charge in [-0.25, -0.2) is 0 Å². The summed E-state index contributed by atoms with van der Waals surface area (Å²) in [6.45, 7) is 2.67. The van der Waals surface area contributed by atoms with Crippen LogP contribution < -0.4 is 9.47 Å². The van der Waals surface area contributed by atoms with Gasteiger partial charge >= 0.3 is 0 Å². The third-order valence-corrected chi connectivity index (χ3v) is 5.23. The van der Waals surface area contributed by atoms with Crippen LogP contribution in [0, 0.1) is 6.92 Å². The Balaban J connectivity index is 1.32. The Morgan fingerprint density at radius 1 is 0.533 bits per heavy atom. The molecule has 0 unspecified atom stereocenters. The molecule has 0 atom stereocenters. The molecule has 2 heteroatoms. The smallest absolute Gasteiger partial charge is 0.119 e. The fraction of sp³-hybridized carbons (Fsp3) is 0.143. The third kappa shape index (κ3) is 5.09. The van der Waals surface area contributed by atoms with Crippen molar-refractivity contribution in [2.75, 3.05) is 7.11 Å². The minimum Gasteiger partial charge on any atom is -0.497 e. The van der Waals surface area contributed by atoms with Gasteiger partial charge < -0.3 is 9.47 Å². The molecule has 0 aliphatic rings. The zero-order valence-corrected chi connectivity index (χ0v) is 17.5. The Morgan fingerprint density at radius 3 is 1.57 bits per heavy atom. The molecule has 0 fully saturated rings. The fourth-order valence-corrected chi connectivity index (χ4v) is 3.39. The number of benzene rings is 4. The molecule has 150 valence electrons. The molecule has 0 radical (unpaired) electrons. The highest BCUT2D eigenvalue weighted by atomic mass is 16.5. The number of rotatable bonds is 7. The number of hydrogen-bond donors (Lipinski definition) is 0. The Morgan fingerprint density at radius 2 is 1.00 bits per heavy atom. The van der Waals surface area contributed by atoms with Gasteiger partial charge in [-0.05, 0) is 65.4 Å². The van der Waals surface area contributed by atoms with Crippen LogP contribution in [-0.2, 0) is 13.0 Å². The molecule has 0 saturated heterocycles. The van der Waals surface area contributed by atoms with Crippen LogP contribution in [0.4, 0.5) is 0 Å². The van der Waals surface area contributed by atoms with E-state index in [1.54, 1.807) is 7.11 Å². The highest BCUT2D eigenvalue weighted by Gasteiger charge is 2.02. The van der Waals surface area contributed by atoms with E-state index in [1.165, 1.54) is 27.8 Å². The summed E-state index contributed by atoms with van der Waals surface area (Å²) in [5.74, 6) is 1.77. The van der Waals surface area contributed by atoms with Crippen molar-refractivity contribution in [3.63, 3.8) is 0 Å². The molecule has 0 aliphatic carbocycles. The van der Waals surface area contributed by atoms with Crippen molar-refractivity contribution in [1.82, 2.24) is 0 Å². The minimum absolute atomic E-state index is 0.562. The van der Waals surface area contributed by atoms with Crippen molar-refractivity contribution in [2.24, 2.45) is 0 Å². The standard InChI is InChI=1S/C28H26O2/c1-21-3-11-25(12-4-21)26-13-17-28(18-14-26)30-20-24-7-5-22(6-8-24)19-23-9-15-27(29-2)16-10-23/h3-18H,19-20H2,1-2H3. The highest BCUT2D eigenvalue weighted by Crippen LogP contribution is 2.23. The van der Waals surface area contributed by atoms with Crippen LogP contribution in [0.1, 0.15) is 22.3 Å². The monoisotopic (exact) mass is 394 g/mol. The van der Waals surface area contributed by atoms with E-state index >= 15 is 0 Å². The topological polar surface area (TPSA) is 18.5 Å². The Kier molecular flexibility index (Phi) is 6.14. The second-order valence-corrected chi connectivity index (χ2v) is 7.52. The first-order valence-corrected chi connectivity index (χ1v) is 10.2. The lowest BCUT2D eigenvalue weighted by Crippen LogP contribution is -1.96. The van der Waals surface area contributed by atoms with E-state index in [0.717, 1.165) is 23.5 Å². The molecule has 0 heterocycles. The second-order valence-electron chi connectivity index (χ2n) is 7.52. The lowest BCUT2D eigenvalue weighted by Gasteiger charge is -2.09. The van der Waals surface area contributed by atoms with Gasteiger partial charge in [-0.3, -0.25) is 0 Å². The van der Waals surface area contributed by atoms with E-state index in [0.29, 0.717) is 6.61 Å². The summed E-state index contributed by atoms with van der Waals surface area (Å²) in [4.78, 5) is 0. The summed E-state index contributed by atoms with van der Waals surface area (Å²) >= 11 is 0. The summed E-state index contributed by atoms with van der Waals surface area (Å²) in [6.07, 6.45) is 0.908. The van der Waals surface area contributed by atoms with Gasteiger partial charge in [0.1, 0.15) is 18.1 Å². The maximum Gasteiger partial charge on any atom is 0.119 e. The zero-order chi connectivity index (χ0) is 20.8. The molecule has 4 aromatic carbocycles. The fourth-order valence-electron chi connectivity index (χ4n) is 3.39. The number of methoxy groups -OCH3 is 1. The first-order valence-electron chi connectivity index (χ1n) is 10.2. The molecule has 0 N–H and O–H groups in total. The van der Waals surface area contributed by atoms with E-state index in [1.807, 2.05) is 24.3 Å². The van der Waals surface area contributed by atoms with Gasteiger partial charge in [0.25, 0.3) is 0 Å². The molecule has 0 aliphatic heterocycles. The normalized spacial score (nSPS) is 10.6. The van der Waals surface area contributed by atoms with Crippen molar-refractivity contribution < 1.29 is 9.47 Å². The van der Waals surface area contributed by atoms with E-state index in [-0.39, 0.29) is 0 Å². The molecule has 4 aromatic rings. The molecule has 0 amide bonds. The zero-order valence-electron chi connectivity index (χ0n) is 17.5. The van der Waals surface area contributed by atoms with Gasteiger partial charge in [0.05, 0.1) is 7.11 Å². The largest absolute Gasteiger partial charge is 0.497 e. The van der Waals surface area contributed by atoms with Crippen LogP contribution in [0.15, 0.2) is 97.1 Å². The minimum atomic E-state index is 0.562. The average Bonchev–Trinajstić information content (AvgIpc) is 2.80. The van der Waals surface area contributed by atoms with Gasteiger partial charge in [0.2, 0.25) is 0 Å². The summed E-state index contributed by atoms with van der Waals surface area (Å²) in [5.41, 5.74) is 7.41. The van der Waals surface area contributed by atoms with Gasteiger partial charge in [0.15, 0.2) is 0 Å². The van der Waals surface area contributed by atoms with Gasteiger partial charge in [0, 0.05) is 0 Å². The lowest BCUT2D eigenvalue weighted by molar-refractivity contribution is 0.306. The Bertz CT molecular complexity index is 1060. The van der Waals surface area contributed by atoms with E-state index in [4.69, 9.17) is 9.47 Å². The van der Waals surface area contributed by atoms with Crippen molar-refractivity contribution in [3.05, 3.63) is 119 Å². The molecule has 0 spiro atoms. The molecular weight excluding hydrogens is 368 g/mol. The van der Waals surface area contributed by atoms with Crippen LogP contribution in [0.5, 0.6) is 11.5 Å². The SMILES string of the molecule is COc1ccc(Cc2ccc(COc3ccc(-c4ccc(C)cc4)cc3)cc2)cc1. The Hall–Kier alpha value is -3.52. The number of hydrogen-bond acceptors (Lipinski definition) is 2. The van der Waals surface area contributed by atoms with Gasteiger partial charge in [-0.2, -0.15) is 0 Å². The summed E-state index contributed by atoms with van der Waals surface area (Å²) in [5, 5.41) is 0. The first-order chi connectivity index (χ1) is 14.7. The highest BCUT2D eigenvalue weighted by molar-refractivity contribution is 5.64. The van der Waals surface area contributed by atoms with Crippen LogP contribution in [0.3, 0.4) is 0 Å². The summed E-state index contributed by atoms with van der Waals surface area (Å²) in [6, 6.07) is 33.7. The van der Waals surface area contributed by atoms with Crippen molar-refractivity contribution in [1.29, 1.82) is 0 Å². The van der Waals surface area contributed by atoms with Gasteiger partial charge in [-0.1, -0.05) is 78.4 Å². The average molecular weight is 395 g/mol. The second kappa shape index (κ2) is 9.32. The van der Waals surface area contributed by atoms with Crippen LogP contribution in [0.25, 0.3) is 11.1 Å². The summed E-state index contributed by atoms with van der Waals surface area (Å²) < 4.78 is 11.2. The maximum atomic E-state index is 5.97. The van der Waals surface area contributed by atoms with Crippen molar-refractivity contribution in [3.8, 4) is 22.6 Å². The molecule has 4 rings (SSSR count). The summed E-state index contributed by atoms with van der Waals surface area (Å²) in [7, 11) is 1.69. The number of ether oxygens (including phenoxy) is 2. The molecule has 0 saturated carbocycles. The predicted molar refractivity (Wildman–Crippen MR) is 123 cm³/mol. The number of aryl methyl sites for hydroxylation is 1. The molecule has 30 heavy (non-hydrogen) atoms. The molecular formula is C28H26O2. The Labute approximate surface area is 178 Å². The van der Waals surface area contributed by atoms with E-state index in [2.05, 4.69) is 79.7 Å². The quantitative estimate of drug-likeness (QED) is 0.342. The third-order valence-electron chi connectivity index (χ3n) is 5.23. The van der Waals surface area contributed by atoms with Crippen molar-refractivity contribution in [2.45, 2.75) is 20.0 Å². The molecule has 2 nitrogen and oxygen atoms in total. The van der Waals surface area contributed by atoms with Crippen molar-refractivity contribution >= 4 is 0 Å². The van der Waals surface area contributed by atoms with E-state index in [9.17, 15) is 0 Å².